The lowest BCUT2D eigenvalue weighted by Gasteiger charge is -2.37. The highest BCUT2D eigenvalue weighted by molar-refractivity contribution is 5.40. The van der Waals surface area contributed by atoms with Gasteiger partial charge in [0, 0.05) is 18.2 Å². The summed E-state index contributed by atoms with van der Waals surface area (Å²) in [5, 5.41) is 0. The standard InChI is InChI=1S/C14H22N2O2/c1-16-6-4-5-13(15)14(16)10-7-11(17-2)9-12(8-10)18-3/h7-9,13-14H,4-6,15H2,1-3H3. The zero-order valence-corrected chi connectivity index (χ0v) is 11.3. The zero-order chi connectivity index (χ0) is 13.1. The highest BCUT2D eigenvalue weighted by Gasteiger charge is 2.28. The monoisotopic (exact) mass is 250 g/mol. The van der Waals surface area contributed by atoms with Crippen LogP contribution in [0.1, 0.15) is 24.4 Å². The third kappa shape index (κ3) is 2.60. The first-order valence-electron chi connectivity index (χ1n) is 6.34. The van der Waals surface area contributed by atoms with Gasteiger partial charge in [-0.2, -0.15) is 0 Å². The van der Waals surface area contributed by atoms with Crippen LogP contribution >= 0.6 is 0 Å². The van der Waals surface area contributed by atoms with E-state index in [1.165, 1.54) is 5.56 Å². The summed E-state index contributed by atoms with van der Waals surface area (Å²) in [6.07, 6.45) is 2.23. The Hall–Kier alpha value is -1.26. The summed E-state index contributed by atoms with van der Waals surface area (Å²) < 4.78 is 10.6. The Balaban J connectivity index is 2.35. The molecule has 1 aliphatic rings. The minimum Gasteiger partial charge on any atom is -0.497 e. The predicted octanol–water partition coefficient (Wildman–Crippen LogP) is 1.80. The number of hydrogen-bond donors (Lipinski definition) is 1. The van der Waals surface area contributed by atoms with Gasteiger partial charge in [-0.25, -0.2) is 0 Å². The molecule has 1 saturated heterocycles. The number of methoxy groups -OCH3 is 2. The van der Waals surface area contributed by atoms with Crippen LogP contribution in [0, 0.1) is 0 Å². The van der Waals surface area contributed by atoms with Crippen molar-refractivity contribution < 1.29 is 9.47 Å². The smallest absolute Gasteiger partial charge is 0.122 e. The summed E-state index contributed by atoms with van der Waals surface area (Å²) in [5.41, 5.74) is 7.43. The molecule has 0 bridgehead atoms. The Morgan fingerprint density at radius 1 is 1.17 bits per heavy atom. The quantitative estimate of drug-likeness (QED) is 0.888. The maximum atomic E-state index is 6.26. The minimum atomic E-state index is 0.167. The lowest BCUT2D eigenvalue weighted by Crippen LogP contribution is -2.43. The fraction of sp³-hybridized carbons (Fsp3) is 0.571. The third-order valence-corrected chi connectivity index (χ3v) is 3.64. The second-order valence-corrected chi connectivity index (χ2v) is 4.88. The van der Waals surface area contributed by atoms with E-state index in [0.717, 1.165) is 30.9 Å². The van der Waals surface area contributed by atoms with Gasteiger partial charge in [0.1, 0.15) is 11.5 Å². The first kappa shape index (κ1) is 13.2. The van der Waals surface area contributed by atoms with Crippen LogP contribution in [0.2, 0.25) is 0 Å². The summed E-state index contributed by atoms with van der Waals surface area (Å²) in [7, 11) is 5.46. The van der Waals surface area contributed by atoms with E-state index in [4.69, 9.17) is 15.2 Å². The predicted molar refractivity (Wildman–Crippen MR) is 72.1 cm³/mol. The molecule has 0 amide bonds. The second kappa shape index (κ2) is 5.59. The van der Waals surface area contributed by atoms with Gasteiger partial charge in [0.2, 0.25) is 0 Å². The molecule has 1 aromatic rings. The molecule has 0 radical (unpaired) electrons. The van der Waals surface area contributed by atoms with Gasteiger partial charge in [0.15, 0.2) is 0 Å². The van der Waals surface area contributed by atoms with E-state index in [9.17, 15) is 0 Å². The van der Waals surface area contributed by atoms with Gasteiger partial charge in [-0.15, -0.1) is 0 Å². The number of likely N-dealkylation sites (N-methyl/N-ethyl adjacent to an activating group) is 1. The Bertz CT molecular complexity index is 377. The Morgan fingerprint density at radius 3 is 2.28 bits per heavy atom. The van der Waals surface area contributed by atoms with E-state index in [1.54, 1.807) is 14.2 Å². The summed E-state index contributed by atoms with van der Waals surface area (Å²) in [6.45, 7) is 1.08. The van der Waals surface area contributed by atoms with Crippen molar-refractivity contribution in [3.8, 4) is 11.5 Å². The Labute approximate surface area is 109 Å². The average Bonchev–Trinajstić information content (AvgIpc) is 2.38. The molecule has 2 unspecified atom stereocenters. The largest absolute Gasteiger partial charge is 0.497 e. The molecule has 2 atom stereocenters. The number of nitrogens with zero attached hydrogens (tertiary/aromatic N) is 1. The molecular weight excluding hydrogens is 228 g/mol. The summed E-state index contributed by atoms with van der Waals surface area (Å²) >= 11 is 0. The van der Waals surface area contributed by atoms with Crippen LogP contribution in [-0.4, -0.2) is 38.8 Å². The topological polar surface area (TPSA) is 47.7 Å². The van der Waals surface area contributed by atoms with Crippen molar-refractivity contribution in [3.05, 3.63) is 23.8 Å². The van der Waals surface area contributed by atoms with Gasteiger partial charge < -0.3 is 15.2 Å². The lowest BCUT2D eigenvalue weighted by molar-refractivity contribution is 0.162. The van der Waals surface area contributed by atoms with E-state index < -0.39 is 0 Å². The van der Waals surface area contributed by atoms with Gasteiger partial charge >= 0.3 is 0 Å². The molecule has 0 saturated carbocycles. The number of likely N-dealkylation sites (tertiary alicyclic amines) is 1. The summed E-state index contributed by atoms with van der Waals surface area (Å²) in [6, 6.07) is 6.39. The fourth-order valence-corrected chi connectivity index (χ4v) is 2.70. The van der Waals surface area contributed by atoms with Crippen molar-refractivity contribution in [1.29, 1.82) is 0 Å². The van der Waals surface area contributed by atoms with Gasteiger partial charge in [-0.3, -0.25) is 4.90 Å². The van der Waals surface area contributed by atoms with E-state index in [1.807, 2.05) is 6.07 Å². The van der Waals surface area contributed by atoms with E-state index >= 15 is 0 Å². The fourth-order valence-electron chi connectivity index (χ4n) is 2.70. The van der Waals surface area contributed by atoms with Gasteiger partial charge in [-0.1, -0.05) is 0 Å². The van der Waals surface area contributed by atoms with Crippen LogP contribution in [0.4, 0.5) is 0 Å². The number of nitrogens with two attached hydrogens (primary N) is 1. The highest BCUT2D eigenvalue weighted by Crippen LogP contribution is 2.33. The van der Waals surface area contributed by atoms with Crippen LogP contribution in [0.3, 0.4) is 0 Å². The van der Waals surface area contributed by atoms with Crippen molar-refractivity contribution in [1.82, 2.24) is 4.90 Å². The maximum absolute atomic E-state index is 6.26. The van der Waals surface area contributed by atoms with Crippen LogP contribution in [-0.2, 0) is 0 Å². The van der Waals surface area contributed by atoms with Crippen LogP contribution in [0.25, 0.3) is 0 Å². The van der Waals surface area contributed by atoms with E-state index in [-0.39, 0.29) is 12.1 Å². The molecule has 100 valence electrons. The number of benzene rings is 1. The third-order valence-electron chi connectivity index (χ3n) is 3.64. The molecule has 1 aliphatic heterocycles. The van der Waals surface area contributed by atoms with Crippen molar-refractivity contribution in [3.63, 3.8) is 0 Å². The minimum absolute atomic E-state index is 0.167. The van der Waals surface area contributed by atoms with Crippen molar-refractivity contribution in [2.24, 2.45) is 5.73 Å². The SMILES string of the molecule is COc1cc(OC)cc(C2C(N)CCCN2C)c1. The average molecular weight is 250 g/mol. The molecule has 0 aliphatic carbocycles. The number of ether oxygens (including phenoxy) is 2. The molecule has 18 heavy (non-hydrogen) atoms. The lowest BCUT2D eigenvalue weighted by atomic mass is 9.91. The first-order valence-corrected chi connectivity index (χ1v) is 6.34. The van der Waals surface area contributed by atoms with Crippen molar-refractivity contribution >= 4 is 0 Å². The van der Waals surface area contributed by atoms with E-state index in [0.29, 0.717) is 0 Å². The van der Waals surface area contributed by atoms with Gasteiger partial charge in [-0.05, 0) is 44.1 Å². The summed E-state index contributed by atoms with van der Waals surface area (Å²) in [5.74, 6) is 1.63. The molecule has 1 aromatic carbocycles. The van der Waals surface area contributed by atoms with Crippen LogP contribution in [0.5, 0.6) is 11.5 Å². The Kier molecular flexibility index (Phi) is 4.09. The molecular formula is C14H22N2O2. The van der Waals surface area contributed by atoms with Crippen molar-refractivity contribution in [2.75, 3.05) is 27.8 Å². The molecule has 2 N–H and O–H groups in total. The molecule has 4 nitrogen and oxygen atoms in total. The second-order valence-electron chi connectivity index (χ2n) is 4.88. The van der Waals surface area contributed by atoms with Crippen LogP contribution in [0.15, 0.2) is 18.2 Å². The van der Waals surface area contributed by atoms with Gasteiger partial charge in [0.25, 0.3) is 0 Å². The number of piperidine rings is 1. The molecule has 0 aromatic heterocycles. The Morgan fingerprint density at radius 2 is 1.78 bits per heavy atom. The number of hydrogen-bond acceptors (Lipinski definition) is 4. The molecule has 4 heteroatoms. The summed E-state index contributed by atoms with van der Waals surface area (Å²) in [4.78, 5) is 2.31. The van der Waals surface area contributed by atoms with E-state index in [2.05, 4.69) is 24.1 Å². The molecule has 2 rings (SSSR count). The van der Waals surface area contributed by atoms with Gasteiger partial charge in [0.05, 0.1) is 14.2 Å². The molecule has 1 fully saturated rings. The molecule has 0 spiro atoms. The molecule has 1 heterocycles. The number of rotatable bonds is 3. The zero-order valence-electron chi connectivity index (χ0n) is 11.3. The van der Waals surface area contributed by atoms with Crippen LogP contribution < -0.4 is 15.2 Å². The highest BCUT2D eigenvalue weighted by atomic mass is 16.5. The maximum Gasteiger partial charge on any atom is 0.122 e. The normalized spacial score (nSPS) is 24.9. The first-order chi connectivity index (χ1) is 8.65. The van der Waals surface area contributed by atoms with Crippen molar-refractivity contribution in [2.45, 2.75) is 24.9 Å².